The standard InChI is InChI=1S/C43H87NO3/c1-3-5-7-9-11-13-15-17-18-19-20-21-22-23-24-25-27-29-31-33-35-37-39-43(47)44-41(40-45)42(46)38-36-34-32-30-28-26-16-14-12-10-8-6-4-2/h41-42,45-46H,3-40H2,1-2H3,(H,44,47)/t41-,42+/m0/s1. The van der Waals surface area contributed by atoms with Crippen LogP contribution in [-0.4, -0.2) is 34.9 Å². The van der Waals surface area contributed by atoms with Crippen molar-refractivity contribution in [3.05, 3.63) is 0 Å². The Labute approximate surface area is 295 Å². The van der Waals surface area contributed by atoms with Crippen molar-refractivity contribution in [2.45, 2.75) is 264 Å². The van der Waals surface area contributed by atoms with E-state index in [4.69, 9.17) is 0 Å². The lowest BCUT2D eigenvalue weighted by atomic mass is 10.0. The fourth-order valence-electron chi connectivity index (χ4n) is 7.01. The van der Waals surface area contributed by atoms with Crippen LogP contribution in [0.1, 0.15) is 251 Å². The molecule has 4 heteroatoms. The second-order valence-electron chi connectivity index (χ2n) is 15.1. The first kappa shape index (κ1) is 46.4. The highest BCUT2D eigenvalue weighted by Crippen LogP contribution is 2.17. The number of amides is 1. The van der Waals surface area contributed by atoms with E-state index in [1.165, 1.54) is 199 Å². The molecule has 1 amide bonds. The highest BCUT2D eigenvalue weighted by atomic mass is 16.3. The van der Waals surface area contributed by atoms with Gasteiger partial charge in [0.1, 0.15) is 0 Å². The predicted molar refractivity (Wildman–Crippen MR) is 207 cm³/mol. The summed E-state index contributed by atoms with van der Waals surface area (Å²) in [6.07, 6.45) is 47.5. The second-order valence-corrected chi connectivity index (χ2v) is 15.1. The zero-order chi connectivity index (χ0) is 34.3. The van der Waals surface area contributed by atoms with Crippen molar-refractivity contribution >= 4 is 5.91 Å². The third kappa shape index (κ3) is 36.5. The number of carbonyl (C=O) groups is 1. The maximum atomic E-state index is 12.4. The van der Waals surface area contributed by atoms with Crippen molar-refractivity contribution in [1.82, 2.24) is 5.32 Å². The van der Waals surface area contributed by atoms with Gasteiger partial charge in [0.25, 0.3) is 0 Å². The Kier molecular flexibility index (Phi) is 39.3. The van der Waals surface area contributed by atoms with Gasteiger partial charge in [-0.2, -0.15) is 0 Å². The molecule has 3 N–H and O–H groups in total. The Bertz CT molecular complexity index is 598. The molecular formula is C43H87NO3. The number of aliphatic hydroxyl groups is 2. The number of carbonyl (C=O) groups excluding carboxylic acids is 1. The van der Waals surface area contributed by atoms with E-state index in [1.807, 2.05) is 0 Å². The van der Waals surface area contributed by atoms with Crippen molar-refractivity contribution in [2.75, 3.05) is 6.61 Å². The molecule has 0 aliphatic carbocycles. The van der Waals surface area contributed by atoms with Gasteiger partial charge in [0.2, 0.25) is 5.91 Å². The van der Waals surface area contributed by atoms with Crippen LogP contribution < -0.4 is 5.32 Å². The molecule has 0 radical (unpaired) electrons. The summed E-state index contributed by atoms with van der Waals surface area (Å²) in [4.78, 5) is 12.4. The summed E-state index contributed by atoms with van der Waals surface area (Å²) in [7, 11) is 0. The van der Waals surface area contributed by atoms with Gasteiger partial charge in [-0.3, -0.25) is 4.79 Å². The SMILES string of the molecule is CCCCCCCCCCCCCCCCCCCCCCCCC(=O)N[C@@H](CO)[C@H](O)CCCCCCCCCCCCCCC. The summed E-state index contributed by atoms with van der Waals surface area (Å²) in [6.45, 7) is 4.38. The van der Waals surface area contributed by atoms with Crippen LogP contribution in [-0.2, 0) is 4.79 Å². The first-order chi connectivity index (χ1) is 23.2. The van der Waals surface area contributed by atoms with E-state index in [0.29, 0.717) is 12.8 Å². The summed E-state index contributed by atoms with van der Waals surface area (Å²) in [5.41, 5.74) is 0. The topological polar surface area (TPSA) is 69.6 Å². The van der Waals surface area contributed by atoms with Crippen LogP contribution in [0.15, 0.2) is 0 Å². The number of nitrogens with one attached hydrogen (secondary N) is 1. The van der Waals surface area contributed by atoms with E-state index in [1.54, 1.807) is 0 Å². The Morgan fingerprint density at radius 3 is 0.957 bits per heavy atom. The third-order valence-corrected chi connectivity index (χ3v) is 10.4. The zero-order valence-corrected chi connectivity index (χ0v) is 32.3. The lowest BCUT2D eigenvalue weighted by Gasteiger charge is -2.22. The molecule has 0 unspecified atom stereocenters. The molecule has 4 nitrogen and oxygen atoms in total. The summed E-state index contributed by atoms with van der Waals surface area (Å²) in [5.74, 6) is -0.0263. The van der Waals surface area contributed by atoms with Gasteiger partial charge in [0, 0.05) is 6.42 Å². The number of hydrogen-bond acceptors (Lipinski definition) is 3. The molecule has 0 saturated carbocycles. The summed E-state index contributed by atoms with van der Waals surface area (Å²) < 4.78 is 0. The highest BCUT2D eigenvalue weighted by molar-refractivity contribution is 5.76. The maximum absolute atomic E-state index is 12.4. The predicted octanol–water partition coefficient (Wildman–Crippen LogP) is 13.3. The van der Waals surface area contributed by atoms with Gasteiger partial charge < -0.3 is 15.5 Å². The van der Waals surface area contributed by atoms with Gasteiger partial charge in [-0.25, -0.2) is 0 Å². The summed E-state index contributed by atoms with van der Waals surface area (Å²) >= 11 is 0. The van der Waals surface area contributed by atoms with Crippen LogP contribution >= 0.6 is 0 Å². The highest BCUT2D eigenvalue weighted by Gasteiger charge is 2.20. The minimum atomic E-state index is -0.652. The van der Waals surface area contributed by atoms with Crippen LogP contribution in [0.3, 0.4) is 0 Å². The van der Waals surface area contributed by atoms with Crippen LogP contribution in [0, 0.1) is 0 Å². The monoisotopic (exact) mass is 666 g/mol. The minimum absolute atomic E-state index is 0.0263. The Hall–Kier alpha value is -0.610. The molecule has 0 bridgehead atoms. The van der Waals surface area contributed by atoms with E-state index in [-0.39, 0.29) is 12.5 Å². The second kappa shape index (κ2) is 39.8. The molecule has 0 aromatic heterocycles. The molecule has 0 heterocycles. The molecule has 0 aliphatic rings. The minimum Gasteiger partial charge on any atom is -0.394 e. The van der Waals surface area contributed by atoms with Gasteiger partial charge in [0.05, 0.1) is 18.8 Å². The molecule has 2 atom stereocenters. The molecule has 0 rings (SSSR count). The van der Waals surface area contributed by atoms with E-state index in [2.05, 4.69) is 19.2 Å². The molecule has 0 aromatic rings. The van der Waals surface area contributed by atoms with Crippen molar-refractivity contribution < 1.29 is 15.0 Å². The first-order valence-corrected chi connectivity index (χ1v) is 21.7. The Balaban J connectivity index is 3.44. The zero-order valence-electron chi connectivity index (χ0n) is 32.3. The van der Waals surface area contributed by atoms with Crippen LogP contribution in [0.2, 0.25) is 0 Å². The van der Waals surface area contributed by atoms with E-state index < -0.39 is 12.1 Å². The van der Waals surface area contributed by atoms with Crippen molar-refractivity contribution in [2.24, 2.45) is 0 Å². The van der Waals surface area contributed by atoms with Crippen LogP contribution in [0.5, 0.6) is 0 Å². The molecule has 0 aliphatic heterocycles. The summed E-state index contributed by atoms with van der Waals surface area (Å²) in [5, 5.41) is 23.1. The fourth-order valence-corrected chi connectivity index (χ4v) is 7.01. The van der Waals surface area contributed by atoms with Crippen LogP contribution in [0.4, 0.5) is 0 Å². The van der Waals surface area contributed by atoms with Gasteiger partial charge >= 0.3 is 0 Å². The Morgan fingerprint density at radius 2 is 0.681 bits per heavy atom. The number of hydrogen-bond donors (Lipinski definition) is 3. The van der Waals surface area contributed by atoms with Crippen molar-refractivity contribution in [3.63, 3.8) is 0 Å². The normalized spacial score (nSPS) is 12.9. The average Bonchev–Trinajstić information content (AvgIpc) is 3.07. The van der Waals surface area contributed by atoms with Gasteiger partial charge in [-0.1, -0.05) is 232 Å². The lowest BCUT2D eigenvalue weighted by Crippen LogP contribution is -2.45. The van der Waals surface area contributed by atoms with E-state index >= 15 is 0 Å². The van der Waals surface area contributed by atoms with E-state index in [9.17, 15) is 15.0 Å². The summed E-state index contributed by atoms with van der Waals surface area (Å²) in [6, 6.07) is -0.528. The number of unbranched alkanes of at least 4 members (excludes halogenated alkanes) is 33. The molecule has 0 saturated heterocycles. The smallest absolute Gasteiger partial charge is 0.220 e. The van der Waals surface area contributed by atoms with Crippen molar-refractivity contribution in [3.8, 4) is 0 Å². The van der Waals surface area contributed by atoms with Crippen molar-refractivity contribution in [1.29, 1.82) is 0 Å². The molecule has 47 heavy (non-hydrogen) atoms. The first-order valence-electron chi connectivity index (χ1n) is 21.7. The molecule has 0 spiro atoms. The maximum Gasteiger partial charge on any atom is 0.220 e. The number of aliphatic hydroxyl groups excluding tert-OH is 2. The molecule has 282 valence electrons. The van der Waals surface area contributed by atoms with E-state index in [0.717, 1.165) is 25.7 Å². The molecular weight excluding hydrogens is 578 g/mol. The van der Waals surface area contributed by atoms with Gasteiger partial charge in [-0.15, -0.1) is 0 Å². The van der Waals surface area contributed by atoms with Crippen LogP contribution in [0.25, 0.3) is 0 Å². The fraction of sp³-hybridized carbons (Fsp3) is 0.977. The van der Waals surface area contributed by atoms with Gasteiger partial charge in [0.15, 0.2) is 0 Å². The Morgan fingerprint density at radius 1 is 0.426 bits per heavy atom. The molecule has 0 fully saturated rings. The molecule has 0 aromatic carbocycles. The van der Waals surface area contributed by atoms with Gasteiger partial charge in [-0.05, 0) is 12.8 Å². The number of rotatable bonds is 40. The largest absolute Gasteiger partial charge is 0.394 e. The quantitative estimate of drug-likeness (QED) is 0.0570. The average molecular weight is 666 g/mol. The third-order valence-electron chi connectivity index (χ3n) is 10.4. The lowest BCUT2D eigenvalue weighted by molar-refractivity contribution is -0.123.